The van der Waals surface area contributed by atoms with E-state index in [0.29, 0.717) is 41.5 Å². The molecule has 0 unspecified atom stereocenters. The van der Waals surface area contributed by atoms with E-state index in [0.717, 1.165) is 5.39 Å². The van der Waals surface area contributed by atoms with Crippen LogP contribution in [0.2, 0.25) is 0 Å². The van der Waals surface area contributed by atoms with Gasteiger partial charge in [-0.2, -0.15) is 5.26 Å². The zero-order chi connectivity index (χ0) is 29.1. The smallest absolute Gasteiger partial charge is 0.251 e. The number of pyridine rings is 3. The maximum absolute atomic E-state index is 14.7. The molecule has 10 nitrogen and oxygen atoms in total. The number of fused-ring (bicyclic) bond motifs is 1. The molecule has 1 aromatic carbocycles. The summed E-state index contributed by atoms with van der Waals surface area (Å²) in [6.07, 6.45) is 1.65. The number of nitrogens with zero attached hydrogens (tertiary/aromatic N) is 5. The number of halogens is 1. The lowest BCUT2D eigenvalue weighted by atomic mass is 10.1. The normalized spacial score (nSPS) is 17.3. The Morgan fingerprint density at radius 2 is 1.80 bits per heavy atom. The van der Waals surface area contributed by atoms with Crippen LogP contribution in [0.5, 0.6) is 0 Å². The van der Waals surface area contributed by atoms with Crippen molar-refractivity contribution in [2.45, 2.75) is 37.5 Å². The van der Waals surface area contributed by atoms with Crippen LogP contribution in [0, 0.1) is 17.1 Å². The number of amides is 1. The Morgan fingerprint density at radius 1 is 1.07 bits per heavy atom. The molecule has 1 N–H and O–H groups in total. The second-order valence-corrected chi connectivity index (χ2v) is 11.9. The summed E-state index contributed by atoms with van der Waals surface area (Å²) in [6.45, 7) is 5.27. The number of hydrogen-bond donors (Lipinski definition) is 1. The Hall–Kier alpha value is -4.47. The molecular formula is C29H27FN6O4S. The number of benzene rings is 1. The number of hydrogen-bond acceptors (Lipinski definition) is 9. The van der Waals surface area contributed by atoms with Crippen LogP contribution in [-0.2, 0) is 21.1 Å². The fourth-order valence-corrected chi connectivity index (χ4v) is 5.58. The second-order valence-electron chi connectivity index (χ2n) is 9.88. The number of ether oxygens (including phenoxy) is 1. The molecule has 4 aromatic rings. The lowest BCUT2D eigenvalue weighted by Gasteiger charge is -2.36. The molecule has 1 amide bonds. The topological polar surface area (TPSA) is 138 Å². The molecule has 210 valence electrons. The summed E-state index contributed by atoms with van der Waals surface area (Å²) in [5.41, 5.74) is 2.32. The number of nitrogens with one attached hydrogen (secondary N) is 1. The molecule has 0 saturated carbocycles. The number of sulfone groups is 1. The van der Waals surface area contributed by atoms with Gasteiger partial charge in [0.05, 0.1) is 52.3 Å². The highest BCUT2D eigenvalue weighted by atomic mass is 32.2. The molecule has 12 heteroatoms. The third kappa shape index (κ3) is 6.48. The molecule has 0 bridgehead atoms. The van der Waals surface area contributed by atoms with E-state index < -0.39 is 27.3 Å². The van der Waals surface area contributed by atoms with Crippen LogP contribution in [0.15, 0.2) is 65.7 Å². The van der Waals surface area contributed by atoms with E-state index in [4.69, 9.17) is 20.0 Å². The Kier molecular flexibility index (Phi) is 7.92. The van der Waals surface area contributed by atoms with Gasteiger partial charge in [-0.1, -0.05) is 0 Å². The predicted molar refractivity (Wildman–Crippen MR) is 150 cm³/mol. The van der Waals surface area contributed by atoms with Crippen LogP contribution in [0.4, 0.5) is 10.2 Å². The minimum Gasteiger partial charge on any atom is -0.372 e. The number of morpholine rings is 1. The largest absolute Gasteiger partial charge is 0.372 e. The average Bonchev–Trinajstić information content (AvgIpc) is 2.94. The number of rotatable bonds is 7. The third-order valence-corrected chi connectivity index (χ3v) is 8.07. The maximum atomic E-state index is 14.7. The van der Waals surface area contributed by atoms with Crippen molar-refractivity contribution in [1.82, 2.24) is 20.3 Å². The van der Waals surface area contributed by atoms with E-state index in [-0.39, 0.29) is 29.2 Å². The highest BCUT2D eigenvalue weighted by Gasteiger charge is 2.24. The van der Waals surface area contributed by atoms with Crippen LogP contribution in [0.25, 0.3) is 22.3 Å². The number of carbonyl (C=O) groups is 1. The molecule has 41 heavy (non-hydrogen) atoms. The highest BCUT2D eigenvalue weighted by Crippen LogP contribution is 2.26. The Morgan fingerprint density at radius 3 is 2.51 bits per heavy atom. The lowest BCUT2D eigenvalue weighted by molar-refractivity contribution is -0.00547. The van der Waals surface area contributed by atoms with Crippen LogP contribution in [0.3, 0.4) is 0 Å². The van der Waals surface area contributed by atoms with Gasteiger partial charge in [-0.05, 0) is 56.3 Å². The first-order valence-electron chi connectivity index (χ1n) is 12.9. The molecule has 0 spiro atoms. The fraction of sp³-hybridized carbons (Fsp3) is 0.276. The molecule has 1 aliphatic rings. The minimum atomic E-state index is -3.71. The summed E-state index contributed by atoms with van der Waals surface area (Å²) in [5, 5.41) is 12.2. The van der Waals surface area contributed by atoms with Gasteiger partial charge in [0, 0.05) is 42.4 Å². The molecule has 4 heterocycles. The van der Waals surface area contributed by atoms with Crippen molar-refractivity contribution in [2.24, 2.45) is 0 Å². The van der Waals surface area contributed by atoms with E-state index in [2.05, 4.69) is 10.3 Å². The molecule has 1 fully saturated rings. The summed E-state index contributed by atoms with van der Waals surface area (Å²) in [7, 11) is -3.71. The molecule has 0 aliphatic carbocycles. The molecule has 3 aromatic heterocycles. The first kappa shape index (κ1) is 28.1. The number of nitriles is 1. The van der Waals surface area contributed by atoms with Crippen LogP contribution >= 0.6 is 0 Å². The molecular weight excluding hydrogens is 547 g/mol. The van der Waals surface area contributed by atoms with E-state index in [1.165, 1.54) is 36.4 Å². The maximum Gasteiger partial charge on any atom is 0.251 e. The molecule has 2 atom stereocenters. The summed E-state index contributed by atoms with van der Waals surface area (Å²) in [5.74, 6) is -0.934. The van der Waals surface area contributed by atoms with Gasteiger partial charge >= 0.3 is 0 Å². The minimum absolute atomic E-state index is 0.00222. The first-order chi connectivity index (χ1) is 19.6. The summed E-state index contributed by atoms with van der Waals surface area (Å²) < 4.78 is 44.5. The SMILES string of the molecule is C[C@@H]1CN(c2cc(F)cc(-c3ccc4cnc(CNC(=O)c5ccc(S(=O)(=O)CC#N)cc5)cc4n3)n2)C[C@H](C)O1. The van der Waals surface area contributed by atoms with Crippen molar-refractivity contribution < 1.29 is 22.3 Å². The molecule has 0 radical (unpaired) electrons. The van der Waals surface area contributed by atoms with Crippen molar-refractivity contribution in [3.8, 4) is 17.5 Å². The Bertz CT molecular complexity index is 1750. The zero-order valence-electron chi connectivity index (χ0n) is 22.4. The van der Waals surface area contributed by atoms with Gasteiger partial charge in [0.1, 0.15) is 17.4 Å². The van der Waals surface area contributed by atoms with E-state index >= 15 is 0 Å². The lowest BCUT2D eigenvalue weighted by Crippen LogP contribution is -2.45. The van der Waals surface area contributed by atoms with Gasteiger partial charge in [0.25, 0.3) is 5.91 Å². The summed E-state index contributed by atoms with van der Waals surface area (Å²) in [4.78, 5) is 28.4. The van der Waals surface area contributed by atoms with Gasteiger partial charge in [0.2, 0.25) is 0 Å². The van der Waals surface area contributed by atoms with Crippen LogP contribution in [0.1, 0.15) is 29.9 Å². The fourth-order valence-electron chi connectivity index (χ4n) is 4.69. The average molecular weight is 575 g/mol. The van der Waals surface area contributed by atoms with Gasteiger partial charge in [-0.15, -0.1) is 0 Å². The first-order valence-corrected chi connectivity index (χ1v) is 14.6. The van der Waals surface area contributed by atoms with Crippen LogP contribution in [-0.4, -0.2) is 60.3 Å². The standard InChI is InChI=1S/C29H27FN6O4S/c1-18-16-36(17-19(2)40-18)28-12-22(30)11-27(35-28)25-8-5-21-14-32-23(13-26(21)34-25)15-33-29(37)20-3-6-24(7-4-20)41(38,39)10-9-31/h3-8,11-14,18-19H,10,15-17H2,1-2H3,(H,33,37)/t18-,19+. The zero-order valence-corrected chi connectivity index (χ0v) is 23.2. The van der Waals surface area contributed by atoms with Crippen molar-refractivity contribution in [1.29, 1.82) is 5.26 Å². The molecule has 1 saturated heterocycles. The Balaban J connectivity index is 1.32. The summed E-state index contributed by atoms with van der Waals surface area (Å²) >= 11 is 0. The molecule has 1 aliphatic heterocycles. The van der Waals surface area contributed by atoms with Crippen LogP contribution < -0.4 is 10.2 Å². The Labute approximate surface area is 236 Å². The monoisotopic (exact) mass is 574 g/mol. The molecule has 5 rings (SSSR count). The van der Waals surface area contributed by atoms with E-state index in [9.17, 15) is 17.6 Å². The second kappa shape index (κ2) is 11.6. The quantitative estimate of drug-likeness (QED) is 0.350. The van der Waals surface area contributed by atoms with E-state index in [1.807, 2.05) is 24.8 Å². The van der Waals surface area contributed by atoms with Gasteiger partial charge < -0.3 is 15.0 Å². The van der Waals surface area contributed by atoms with Crippen molar-refractivity contribution in [3.63, 3.8) is 0 Å². The highest BCUT2D eigenvalue weighted by molar-refractivity contribution is 7.91. The number of carbonyl (C=O) groups excluding carboxylic acids is 1. The van der Waals surface area contributed by atoms with Crippen molar-refractivity contribution in [2.75, 3.05) is 23.7 Å². The third-order valence-electron chi connectivity index (χ3n) is 6.57. The van der Waals surface area contributed by atoms with Gasteiger partial charge in [0.15, 0.2) is 9.84 Å². The van der Waals surface area contributed by atoms with Gasteiger partial charge in [-0.3, -0.25) is 9.78 Å². The predicted octanol–water partition coefficient (Wildman–Crippen LogP) is 3.67. The van der Waals surface area contributed by atoms with Crippen molar-refractivity contribution >= 4 is 32.5 Å². The van der Waals surface area contributed by atoms with Crippen molar-refractivity contribution in [3.05, 3.63) is 77.9 Å². The number of anilines is 1. The number of aromatic nitrogens is 3. The van der Waals surface area contributed by atoms with E-state index in [1.54, 1.807) is 24.4 Å². The summed E-state index contributed by atoms with van der Waals surface area (Å²) in [6, 6.07) is 15.1. The van der Waals surface area contributed by atoms with Gasteiger partial charge in [-0.25, -0.2) is 22.8 Å².